The van der Waals surface area contributed by atoms with E-state index in [0.717, 1.165) is 24.0 Å². The van der Waals surface area contributed by atoms with Crippen LogP contribution < -0.4 is 10.6 Å². The molecule has 0 unspecified atom stereocenters. The number of fused-ring (bicyclic) bond motifs is 1. The van der Waals surface area contributed by atoms with Crippen LogP contribution >= 0.6 is 0 Å². The molecule has 180 valence electrons. The molecule has 1 heterocycles. The van der Waals surface area contributed by atoms with Crippen LogP contribution in [0.1, 0.15) is 63.1 Å². The van der Waals surface area contributed by atoms with Gasteiger partial charge < -0.3 is 20.5 Å². The van der Waals surface area contributed by atoms with Crippen LogP contribution in [0.15, 0.2) is 24.3 Å². The van der Waals surface area contributed by atoms with Crippen molar-refractivity contribution in [3.05, 3.63) is 35.4 Å². The minimum absolute atomic E-state index is 0.0317. The highest BCUT2D eigenvalue weighted by Gasteiger charge is 2.53. The average Bonchev–Trinajstić information content (AvgIpc) is 3.54. The first-order valence-corrected chi connectivity index (χ1v) is 12.1. The van der Waals surface area contributed by atoms with Gasteiger partial charge in [0.15, 0.2) is 5.96 Å². The van der Waals surface area contributed by atoms with E-state index in [1.165, 1.54) is 0 Å². The van der Waals surface area contributed by atoms with Gasteiger partial charge in [0.2, 0.25) is 11.8 Å². The van der Waals surface area contributed by atoms with E-state index >= 15 is 0 Å². The molecule has 33 heavy (non-hydrogen) atoms. The van der Waals surface area contributed by atoms with Gasteiger partial charge in [-0.15, -0.1) is 0 Å². The zero-order chi connectivity index (χ0) is 23.8. The number of nitrogens with one attached hydrogen (secondary N) is 3. The van der Waals surface area contributed by atoms with Gasteiger partial charge in [0.1, 0.15) is 0 Å². The van der Waals surface area contributed by atoms with Crippen LogP contribution in [0.4, 0.5) is 0 Å². The minimum Gasteiger partial charge on any atom is -0.390 e. The van der Waals surface area contributed by atoms with Crippen LogP contribution in [0.2, 0.25) is 0 Å². The average molecular weight is 457 g/mol. The van der Waals surface area contributed by atoms with Gasteiger partial charge in [0.05, 0.1) is 18.6 Å². The van der Waals surface area contributed by atoms with E-state index in [1.54, 1.807) is 12.0 Å². The number of ether oxygens (including phenoxy) is 1. The Morgan fingerprint density at radius 2 is 2.09 bits per heavy atom. The lowest BCUT2D eigenvalue weighted by Crippen LogP contribution is -2.64. The fraction of sp³-hybridized carbons (Fsp3) is 0.640. The number of guanidine groups is 1. The van der Waals surface area contributed by atoms with Crippen molar-refractivity contribution in [1.82, 2.24) is 15.5 Å². The molecule has 2 aliphatic carbocycles. The largest absolute Gasteiger partial charge is 0.390 e. The monoisotopic (exact) mass is 456 g/mol. The highest BCUT2D eigenvalue weighted by molar-refractivity contribution is 5.99. The Hall–Kier alpha value is -2.45. The fourth-order valence-electron chi connectivity index (χ4n) is 5.61. The first-order valence-electron chi connectivity index (χ1n) is 12.1. The standard InChI is InChI=1S/C25H36N4O4/c1-4-25(5-2)14-21(31)29(24(26)28-25)19(10-11-33-3)17-13-18(17)23(32)27-22-16-9-7-6-8-15(16)12-20(22)30/h6-9,17-20,22,30H,4-5,10-14H2,1-3H3,(H2,26,28)(H,27,32)/t17-,18-,19-,20-,22-/m1/s1. The molecule has 0 aromatic heterocycles. The Morgan fingerprint density at radius 1 is 1.36 bits per heavy atom. The predicted octanol–water partition coefficient (Wildman–Crippen LogP) is 2.12. The van der Waals surface area contributed by atoms with E-state index in [2.05, 4.69) is 10.6 Å². The number of rotatable bonds is 9. The number of amides is 2. The second-order valence-electron chi connectivity index (χ2n) is 9.71. The van der Waals surface area contributed by atoms with Crippen LogP contribution in [0.3, 0.4) is 0 Å². The van der Waals surface area contributed by atoms with E-state index in [-0.39, 0.29) is 41.2 Å². The van der Waals surface area contributed by atoms with Gasteiger partial charge in [-0.25, -0.2) is 0 Å². The Morgan fingerprint density at radius 3 is 2.76 bits per heavy atom. The highest BCUT2D eigenvalue weighted by atomic mass is 16.5. The summed E-state index contributed by atoms with van der Waals surface area (Å²) in [5.41, 5.74) is 1.66. The third kappa shape index (κ3) is 4.51. The van der Waals surface area contributed by atoms with Crippen molar-refractivity contribution in [2.24, 2.45) is 11.8 Å². The van der Waals surface area contributed by atoms with Crippen molar-refractivity contribution >= 4 is 17.8 Å². The molecule has 0 radical (unpaired) electrons. The summed E-state index contributed by atoms with van der Waals surface area (Å²) < 4.78 is 5.29. The summed E-state index contributed by atoms with van der Waals surface area (Å²) in [6.45, 7) is 4.52. The molecule has 4 N–H and O–H groups in total. The third-order valence-corrected chi connectivity index (χ3v) is 7.86. The van der Waals surface area contributed by atoms with Gasteiger partial charge in [0, 0.05) is 37.6 Å². The van der Waals surface area contributed by atoms with Crippen LogP contribution in [-0.4, -0.2) is 59.2 Å². The number of hydrogen-bond acceptors (Lipinski definition) is 5. The SMILES string of the molecule is CCC1(CC)CC(=O)N([C@H](CCOC)[C@@H]2C[C@H]2C(=O)N[C@@H]2c3ccccc3C[C@H]2O)C(=N)N1. The summed E-state index contributed by atoms with van der Waals surface area (Å²) >= 11 is 0. The van der Waals surface area contributed by atoms with Gasteiger partial charge in [-0.05, 0) is 42.7 Å². The van der Waals surface area contributed by atoms with E-state index in [4.69, 9.17) is 10.1 Å². The molecule has 0 bridgehead atoms. The van der Waals surface area contributed by atoms with Crippen molar-refractivity contribution < 1.29 is 19.4 Å². The molecule has 1 saturated carbocycles. The maximum absolute atomic E-state index is 13.2. The Labute approximate surface area is 195 Å². The normalized spacial score (nSPS) is 28.8. The second-order valence-corrected chi connectivity index (χ2v) is 9.71. The second kappa shape index (κ2) is 9.43. The van der Waals surface area contributed by atoms with Crippen molar-refractivity contribution in [3.63, 3.8) is 0 Å². The lowest BCUT2D eigenvalue weighted by molar-refractivity contribution is -0.134. The molecule has 1 aliphatic heterocycles. The number of aliphatic hydroxyl groups is 1. The maximum Gasteiger partial charge on any atom is 0.231 e. The van der Waals surface area contributed by atoms with Crippen molar-refractivity contribution in [1.29, 1.82) is 5.41 Å². The van der Waals surface area contributed by atoms with E-state index < -0.39 is 12.1 Å². The molecule has 0 spiro atoms. The predicted molar refractivity (Wildman–Crippen MR) is 125 cm³/mol. The van der Waals surface area contributed by atoms with Gasteiger partial charge >= 0.3 is 0 Å². The lowest BCUT2D eigenvalue weighted by atomic mass is 9.86. The number of aliphatic hydroxyl groups excluding tert-OH is 1. The fourth-order valence-corrected chi connectivity index (χ4v) is 5.61. The number of methoxy groups -OCH3 is 1. The molecule has 1 aromatic carbocycles. The third-order valence-electron chi connectivity index (χ3n) is 7.86. The summed E-state index contributed by atoms with van der Waals surface area (Å²) in [5.74, 6) is -0.298. The molecule has 4 rings (SSSR count). The van der Waals surface area contributed by atoms with Crippen LogP contribution in [0.25, 0.3) is 0 Å². The lowest BCUT2D eigenvalue weighted by Gasteiger charge is -2.45. The summed E-state index contributed by atoms with van der Waals surface area (Å²) in [7, 11) is 1.62. The number of benzene rings is 1. The number of carbonyl (C=O) groups is 2. The van der Waals surface area contributed by atoms with Gasteiger partial charge in [-0.1, -0.05) is 38.1 Å². The first-order chi connectivity index (χ1) is 15.8. The molecule has 2 fully saturated rings. The summed E-state index contributed by atoms with van der Waals surface area (Å²) in [6, 6.07) is 7.13. The number of hydrogen-bond donors (Lipinski definition) is 4. The smallest absolute Gasteiger partial charge is 0.231 e. The minimum atomic E-state index is -0.634. The molecule has 2 amide bonds. The summed E-state index contributed by atoms with van der Waals surface area (Å²) in [5, 5.41) is 25.4. The number of nitrogens with zero attached hydrogens (tertiary/aromatic N) is 1. The van der Waals surface area contributed by atoms with Crippen molar-refractivity contribution in [3.8, 4) is 0 Å². The maximum atomic E-state index is 13.2. The molecule has 8 nitrogen and oxygen atoms in total. The summed E-state index contributed by atoms with van der Waals surface area (Å²) in [6.07, 6.45) is 3.02. The Balaban J connectivity index is 1.46. The number of carbonyl (C=O) groups excluding carboxylic acids is 2. The van der Waals surface area contributed by atoms with Crippen molar-refractivity contribution in [2.45, 2.75) is 76.1 Å². The van der Waals surface area contributed by atoms with Gasteiger partial charge in [-0.3, -0.25) is 19.9 Å². The Bertz CT molecular complexity index is 895. The zero-order valence-corrected chi connectivity index (χ0v) is 19.8. The zero-order valence-electron chi connectivity index (χ0n) is 19.8. The van der Waals surface area contributed by atoms with Crippen LogP contribution in [0, 0.1) is 17.2 Å². The summed E-state index contributed by atoms with van der Waals surface area (Å²) in [4.78, 5) is 27.9. The van der Waals surface area contributed by atoms with Gasteiger partial charge in [0.25, 0.3) is 0 Å². The topological polar surface area (TPSA) is 115 Å². The molecule has 5 atom stereocenters. The molecule has 8 heteroatoms. The van der Waals surface area contributed by atoms with Gasteiger partial charge in [-0.2, -0.15) is 0 Å². The van der Waals surface area contributed by atoms with E-state index in [9.17, 15) is 14.7 Å². The molecule has 3 aliphatic rings. The quantitative estimate of drug-likeness (QED) is 0.454. The van der Waals surface area contributed by atoms with E-state index in [0.29, 0.717) is 32.3 Å². The van der Waals surface area contributed by atoms with Crippen LogP contribution in [-0.2, 0) is 20.7 Å². The highest BCUT2D eigenvalue weighted by Crippen LogP contribution is 2.46. The molecule has 1 aromatic rings. The molecule has 1 saturated heterocycles. The van der Waals surface area contributed by atoms with E-state index in [1.807, 2.05) is 38.1 Å². The Kier molecular flexibility index (Phi) is 6.77. The van der Waals surface area contributed by atoms with Crippen molar-refractivity contribution in [2.75, 3.05) is 13.7 Å². The molecular formula is C25H36N4O4. The van der Waals surface area contributed by atoms with Crippen LogP contribution in [0.5, 0.6) is 0 Å². The first kappa shape index (κ1) is 23.7. The molecular weight excluding hydrogens is 420 g/mol.